The molecule has 2 rings (SSSR count). The van der Waals surface area contributed by atoms with E-state index in [0.29, 0.717) is 31.1 Å². The summed E-state index contributed by atoms with van der Waals surface area (Å²) >= 11 is 0. The van der Waals surface area contributed by atoms with Crippen LogP contribution in [-0.2, 0) is 16.6 Å². The number of ether oxygens (including phenoxy) is 1. The van der Waals surface area contributed by atoms with Gasteiger partial charge < -0.3 is 20.3 Å². The third-order valence-corrected chi connectivity index (χ3v) is 4.59. The highest BCUT2D eigenvalue weighted by Gasteiger charge is 2.17. The van der Waals surface area contributed by atoms with Crippen LogP contribution in [-0.4, -0.2) is 28.4 Å². The number of unbranched alkanes of at least 4 members (excludes halogenated alkanes) is 1. The average Bonchev–Trinajstić information content (AvgIpc) is 3.08. The smallest absolute Gasteiger partial charge is 0.407 e. The normalized spacial score (nSPS) is 13.2. The first-order valence-corrected chi connectivity index (χ1v) is 10.6. The molecule has 1 amide bonds. The van der Waals surface area contributed by atoms with Gasteiger partial charge in [0, 0.05) is 13.0 Å². The van der Waals surface area contributed by atoms with Crippen molar-refractivity contribution in [3.05, 3.63) is 47.1 Å². The number of nitrogens with two attached hydrogens (primary N) is 1. The molecule has 0 saturated carbocycles. The van der Waals surface area contributed by atoms with Gasteiger partial charge in [-0.05, 0) is 56.6 Å². The lowest BCUT2D eigenvalue weighted by atomic mass is 9.86. The van der Waals surface area contributed by atoms with Crippen molar-refractivity contribution in [1.82, 2.24) is 15.5 Å². The first-order chi connectivity index (χ1) is 13.9. The lowest BCUT2D eigenvalue weighted by molar-refractivity contribution is 0.0527. The van der Waals surface area contributed by atoms with Crippen molar-refractivity contribution >= 4 is 6.09 Å². The maximum absolute atomic E-state index is 11.6. The number of rotatable bonds is 8. The summed E-state index contributed by atoms with van der Waals surface area (Å²) < 4.78 is 10.6. The maximum atomic E-state index is 11.6. The van der Waals surface area contributed by atoms with E-state index >= 15 is 0 Å². The van der Waals surface area contributed by atoms with Crippen LogP contribution in [0.4, 0.5) is 4.79 Å². The van der Waals surface area contributed by atoms with Gasteiger partial charge in [-0.15, -0.1) is 0 Å². The Morgan fingerprint density at radius 2 is 1.80 bits per heavy atom. The quantitative estimate of drug-likeness (QED) is 0.607. The fraction of sp³-hybridized carbons (Fsp3) is 0.609. The molecule has 1 unspecified atom stereocenters. The van der Waals surface area contributed by atoms with Crippen LogP contribution < -0.4 is 11.1 Å². The predicted octanol–water partition coefficient (Wildman–Crippen LogP) is 4.65. The van der Waals surface area contributed by atoms with Gasteiger partial charge in [0.25, 0.3) is 0 Å². The van der Waals surface area contributed by atoms with E-state index in [9.17, 15) is 4.79 Å². The number of carbonyl (C=O) groups excluding carboxylic acids is 1. The highest BCUT2D eigenvalue weighted by molar-refractivity contribution is 5.67. The van der Waals surface area contributed by atoms with Crippen LogP contribution >= 0.6 is 0 Å². The summed E-state index contributed by atoms with van der Waals surface area (Å²) in [5.74, 6) is 1.09. The summed E-state index contributed by atoms with van der Waals surface area (Å²) in [6, 6.07) is 8.19. The van der Waals surface area contributed by atoms with Crippen molar-refractivity contribution in [2.24, 2.45) is 5.73 Å². The number of hydrogen-bond acceptors (Lipinski definition) is 6. The molecule has 1 aromatic heterocycles. The number of carbonyl (C=O) groups is 1. The second kappa shape index (κ2) is 10.1. The van der Waals surface area contributed by atoms with Crippen molar-refractivity contribution in [3.63, 3.8) is 0 Å². The molecule has 7 nitrogen and oxygen atoms in total. The first-order valence-electron chi connectivity index (χ1n) is 10.6. The minimum absolute atomic E-state index is 0.132. The lowest BCUT2D eigenvalue weighted by Crippen LogP contribution is -2.33. The van der Waals surface area contributed by atoms with E-state index in [-0.39, 0.29) is 11.5 Å². The summed E-state index contributed by atoms with van der Waals surface area (Å²) in [7, 11) is 0. The number of nitrogens with one attached hydrogen (secondary N) is 1. The molecule has 0 aliphatic carbocycles. The largest absolute Gasteiger partial charge is 0.444 e. The zero-order valence-corrected chi connectivity index (χ0v) is 19.1. The number of aromatic nitrogens is 2. The van der Waals surface area contributed by atoms with Gasteiger partial charge in [-0.2, -0.15) is 4.98 Å². The van der Waals surface area contributed by atoms with E-state index in [0.717, 1.165) is 18.4 Å². The predicted molar refractivity (Wildman–Crippen MR) is 117 cm³/mol. The standard InChI is InChI=1S/C23H36N4O3/c1-22(2,3)17-12-10-16(11-13-17)15-19-26-20(30-27-19)18(24)9-7-8-14-25-21(28)29-23(4,5)6/h10-13,18H,7-9,14-15,24H2,1-6H3,(H,25,28). The topological polar surface area (TPSA) is 103 Å². The Morgan fingerprint density at radius 3 is 2.40 bits per heavy atom. The Balaban J connectivity index is 1.74. The van der Waals surface area contributed by atoms with Gasteiger partial charge in [-0.1, -0.05) is 50.2 Å². The number of nitrogens with zero attached hydrogens (tertiary/aromatic N) is 2. The lowest BCUT2D eigenvalue weighted by Gasteiger charge is -2.19. The molecule has 3 N–H and O–H groups in total. The molecule has 0 aliphatic heterocycles. The van der Waals surface area contributed by atoms with Crippen molar-refractivity contribution < 1.29 is 14.1 Å². The van der Waals surface area contributed by atoms with Gasteiger partial charge in [-0.25, -0.2) is 4.79 Å². The fourth-order valence-electron chi connectivity index (χ4n) is 2.91. The molecule has 166 valence electrons. The van der Waals surface area contributed by atoms with Crippen molar-refractivity contribution in [2.75, 3.05) is 6.54 Å². The monoisotopic (exact) mass is 416 g/mol. The number of benzene rings is 1. The summed E-state index contributed by atoms with van der Waals surface area (Å²) in [5.41, 5.74) is 8.26. The zero-order valence-electron chi connectivity index (χ0n) is 19.1. The Kier molecular flexibility index (Phi) is 8.01. The molecule has 0 aliphatic rings. The van der Waals surface area contributed by atoms with Crippen LogP contribution in [0.1, 0.15) is 89.7 Å². The zero-order chi connectivity index (χ0) is 22.4. The van der Waals surface area contributed by atoms with Gasteiger partial charge in [0.15, 0.2) is 5.82 Å². The van der Waals surface area contributed by atoms with Crippen molar-refractivity contribution in [1.29, 1.82) is 0 Å². The van der Waals surface area contributed by atoms with Gasteiger partial charge >= 0.3 is 6.09 Å². The third kappa shape index (κ3) is 8.14. The molecule has 0 fully saturated rings. The molecule has 0 saturated heterocycles. The molecular weight excluding hydrogens is 380 g/mol. The van der Waals surface area contributed by atoms with E-state index in [1.165, 1.54) is 5.56 Å². The molecule has 1 atom stereocenters. The Hall–Kier alpha value is -2.41. The molecule has 30 heavy (non-hydrogen) atoms. The van der Waals surface area contributed by atoms with Gasteiger partial charge in [0.2, 0.25) is 5.89 Å². The third-order valence-electron chi connectivity index (χ3n) is 4.59. The van der Waals surface area contributed by atoms with E-state index in [2.05, 4.69) is 60.5 Å². The second-order valence-electron chi connectivity index (χ2n) is 9.70. The van der Waals surface area contributed by atoms with Gasteiger partial charge in [0.05, 0.1) is 6.04 Å². The fourth-order valence-corrected chi connectivity index (χ4v) is 2.91. The Labute approximate surface area is 179 Å². The molecule has 7 heteroatoms. The van der Waals surface area contributed by atoms with E-state index in [1.54, 1.807) is 0 Å². The molecule has 1 aromatic carbocycles. The molecular formula is C23H36N4O3. The summed E-state index contributed by atoms with van der Waals surface area (Å²) in [5, 5.41) is 6.81. The summed E-state index contributed by atoms with van der Waals surface area (Å²) in [6.07, 6.45) is 2.55. The van der Waals surface area contributed by atoms with Crippen molar-refractivity contribution in [2.45, 2.75) is 84.3 Å². The number of alkyl carbamates (subject to hydrolysis) is 1. The summed E-state index contributed by atoms with van der Waals surface area (Å²) in [6.45, 7) is 12.6. The highest BCUT2D eigenvalue weighted by Crippen LogP contribution is 2.23. The molecule has 0 radical (unpaired) electrons. The van der Waals surface area contributed by atoms with E-state index in [4.69, 9.17) is 15.0 Å². The van der Waals surface area contributed by atoms with E-state index < -0.39 is 11.7 Å². The van der Waals surface area contributed by atoms with Crippen LogP contribution in [0.3, 0.4) is 0 Å². The SMILES string of the molecule is CC(C)(C)OC(=O)NCCCCC(N)c1nc(Cc2ccc(C(C)(C)C)cc2)no1. The van der Waals surface area contributed by atoms with E-state index in [1.807, 2.05) is 20.8 Å². The molecule has 2 aromatic rings. The first kappa shape index (κ1) is 23.9. The molecule has 0 spiro atoms. The molecule has 1 heterocycles. The molecule has 0 bridgehead atoms. The number of hydrogen-bond donors (Lipinski definition) is 2. The average molecular weight is 417 g/mol. The Bertz CT molecular complexity index is 801. The Morgan fingerprint density at radius 1 is 1.13 bits per heavy atom. The van der Waals surface area contributed by atoms with Gasteiger partial charge in [0.1, 0.15) is 5.60 Å². The highest BCUT2D eigenvalue weighted by atomic mass is 16.6. The van der Waals surface area contributed by atoms with Crippen LogP contribution in [0.5, 0.6) is 0 Å². The van der Waals surface area contributed by atoms with Crippen LogP contribution in [0.15, 0.2) is 28.8 Å². The minimum atomic E-state index is -0.489. The maximum Gasteiger partial charge on any atom is 0.407 e. The van der Waals surface area contributed by atoms with Crippen LogP contribution in [0.25, 0.3) is 0 Å². The van der Waals surface area contributed by atoms with Gasteiger partial charge in [-0.3, -0.25) is 0 Å². The number of amides is 1. The summed E-state index contributed by atoms with van der Waals surface area (Å²) in [4.78, 5) is 16.1. The minimum Gasteiger partial charge on any atom is -0.444 e. The van der Waals surface area contributed by atoms with Crippen LogP contribution in [0, 0.1) is 0 Å². The van der Waals surface area contributed by atoms with Crippen molar-refractivity contribution in [3.8, 4) is 0 Å². The second-order valence-corrected chi connectivity index (χ2v) is 9.70. The van der Waals surface area contributed by atoms with Crippen LogP contribution in [0.2, 0.25) is 0 Å².